The van der Waals surface area contributed by atoms with Crippen molar-refractivity contribution in [1.82, 2.24) is 4.98 Å². The molecule has 5 nitrogen and oxygen atoms in total. The van der Waals surface area contributed by atoms with Crippen LogP contribution in [-0.4, -0.2) is 23.5 Å². The molecule has 33 heavy (non-hydrogen) atoms. The summed E-state index contributed by atoms with van der Waals surface area (Å²) in [5.41, 5.74) is 3.95. The fourth-order valence-corrected chi connectivity index (χ4v) is 5.22. The number of amides is 1. The molecule has 1 aromatic heterocycles. The summed E-state index contributed by atoms with van der Waals surface area (Å²) in [4.78, 5) is 29.5. The van der Waals surface area contributed by atoms with Gasteiger partial charge >= 0.3 is 5.97 Å². The fraction of sp³-hybridized carbons (Fsp3) is 0.370. The van der Waals surface area contributed by atoms with Crippen LogP contribution in [0.2, 0.25) is 0 Å². The lowest BCUT2D eigenvalue weighted by atomic mass is 9.86. The van der Waals surface area contributed by atoms with Gasteiger partial charge in [-0.05, 0) is 36.0 Å². The second-order valence-electron chi connectivity index (χ2n) is 8.54. The predicted octanol–water partition coefficient (Wildman–Crippen LogP) is 6.22. The number of nitrogens with zero attached hydrogens (tertiary/aromatic N) is 1. The van der Waals surface area contributed by atoms with Gasteiger partial charge in [0.1, 0.15) is 0 Å². The highest BCUT2D eigenvalue weighted by Crippen LogP contribution is 2.35. The summed E-state index contributed by atoms with van der Waals surface area (Å²) in [5, 5.41) is 5.33. The smallest absolute Gasteiger partial charge is 0.311 e. The van der Waals surface area contributed by atoms with E-state index in [1.165, 1.54) is 37.0 Å². The van der Waals surface area contributed by atoms with Crippen molar-refractivity contribution in [2.45, 2.75) is 51.4 Å². The van der Waals surface area contributed by atoms with Gasteiger partial charge < -0.3 is 10.1 Å². The number of ether oxygens (including phenoxy) is 1. The highest BCUT2D eigenvalue weighted by molar-refractivity contribution is 7.13. The SMILES string of the molecule is CCOC(=O)Cc1csc(NC(=O)C(CC2CCCC2)c2ccc(-c3ccccc3)cc2)n1. The summed E-state index contributed by atoms with van der Waals surface area (Å²) >= 11 is 1.34. The van der Waals surface area contributed by atoms with E-state index in [1.54, 1.807) is 12.3 Å². The van der Waals surface area contributed by atoms with Crippen LogP contribution in [0.5, 0.6) is 0 Å². The lowest BCUT2D eigenvalue weighted by Crippen LogP contribution is -2.23. The minimum Gasteiger partial charge on any atom is -0.466 e. The van der Waals surface area contributed by atoms with Gasteiger partial charge in [-0.3, -0.25) is 9.59 Å². The standard InChI is InChI=1S/C27H30N2O3S/c1-2-32-25(30)17-23-18-33-27(28-23)29-26(31)24(16-19-8-6-7-9-19)22-14-12-21(13-15-22)20-10-4-3-5-11-20/h3-5,10-15,18-19,24H,2,6-9,16-17H2,1H3,(H,28,29,31). The molecule has 3 aromatic rings. The van der Waals surface area contributed by atoms with E-state index in [9.17, 15) is 9.59 Å². The zero-order chi connectivity index (χ0) is 23.0. The number of benzene rings is 2. The number of anilines is 1. The van der Waals surface area contributed by atoms with E-state index in [0.29, 0.717) is 23.4 Å². The average Bonchev–Trinajstić information content (AvgIpc) is 3.50. The van der Waals surface area contributed by atoms with Crippen LogP contribution in [0.4, 0.5) is 5.13 Å². The van der Waals surface area contributed by atoms with Gasteiger partial charge in [0.05, 0.1) is 24.6 Å². The third kappa shape index (κ3) is 6.29. The second-order valence-corrected chi connectivity index (χ2v) is 9.40. The number of hydrogen-bond acceptors (Lipinski definition) is 5. The van der Waals surface area contributed by atoms with Crippen molar-refractivity contribution in [3.8, 4) is 11.1 Å². The van der Waals surface area contributed by atoms with Crippen LogP contribution in [0.25, 0.3) is 11.1 Å². The Balaban J connectivity index is 1.49. The lowest BCUT2D eigenvalue weighted by molar-refractivity contribution is -0.142. The fourth-order valence-electron chi connectivity index (χ4n) is 4.51. The van der Waals surface area contributed by atoms with Crippen LogP contribution in [0.15, 0.2) is 60.0 Å². The number of nitrogens with one attached hydrogen (secondary N) is 1. The molecule has 1 saturated carbocycles. The molecule has 1 aliphatic carbocycles. The summed E-state index contributed by atoms with van der Waals surface area (Å²) in [6.07, 6.45) is 5.83. The maximum atomic E-state index is 13.4. The third-order valence-electron chi connectivity index (χ3n) is 6.19. The molecule has 1 fully saturated rings. The number of rotatable bonds is 9. The van der Waals surface area contributed by atoms with Crippen LogP contribution in [0, 0.1) is 5.92 Å². The number of thiazole rings is 1. The monoisotopic (exact) mass is 462 g/mol. The molecule has 4 rings (SSSR count). The molecule has 1 N–H and O–H groups in total. The van der Waals surface area contributed by atoms with Crippen LogP contribution < -0.4 is 5.32 Å². The van der Waals surface area contributed by atoms with E-state index in [-0.39, 0.29) is 24.2 Å². The average molecular weight is 463 g/mol. The molecular weight excluding hydrogens is 432 g/mol. The van der Waals surface area contributed by atoms with E-state index in [2.05, 4.69) is 46.7 Å². The predicted molar refractivity (Wildman–Crippen MR) is 132 cm³/mol. The van der Waals surface area contributed by atoms with Crippen molar-refractivity contribution in [2.75, 3.05) is 11.9 Å². The molecule has 0 radical (unpaired) electrons. The van der Waals surface area contributed by atoms with Crippen molar-refractivity contribution in [3.05, 3.63) is 71.2 Å². The molecule has 172 valence electrons. The Morgan fingerprint density at radius 1 is 1.06 bits per heavy atom. The normalized spacial score (nSPS) is 14.7. The van der Waals surface area contributed by atoms with Crippen molar-refractivity contribution < 1.29 is 14.3 Å². The Hall–Kier alpha value is -2.99. The topological polar surface area (TPSA) is 68.3 Å². The zero-order valence-electron chi connectivity index (χ0n) is 19.0. The maximum absolute atomic E-state index is 13.4. The minimum atomic E-state index is -0.307. The van der Waals surface area contributed by atoms with Crippen LogP contribution in [0.1, 0.15) is 56.2 Å². The molecule has 0 saturated heterocycles. The Morgan fingerprint density at radius 2 is 1.76 bits per heavy atom. The Morgan fingerprint density at radius 3 is 2.45 bits per heavy atom. The van der Waals surface area contributed by atoms with Gasteiger partial charge in [-0.15, -0.1) is 11.3 Å². The van der Waals surface area contributed by atoms with Crippen LogP contribution >= 0.6 is 11.3 Å². The number of carbonyl (C=O) groups excluding carboxylic acids is 2. The van der Waals surface area contributed by atoms with Crippen LogP contribution in [-0.2, 0) is 20.7 Å². The quantitative estimate of drug-likeness (QED) is 0.383. The molecule has 6 heteroatoms. The summed E-state index contributed by atoms with van der Waals surface area (Å²) in [6.45, 7) is 2.12. The molecule has 1 amide bonds. The molecule has 1 atom stereocenters. The van der Waals surface area contributed by atoms with E-state index in [1.807, 2.05) is 18.2 Å². The highest BCUT2D eigenvalue weighted by atomic mass is 32.1. The van der Waals surface area contributed by atoms with E-state index >= 15 is 0 Å². The van der Waals surface area contributed by atoms with Crippen molar-refractivity contribution in [1.29, 1.82) is 0 Å². The van der Waals surface area contributed by atoms with E-state index < -0.39 is 0 Å². The van der Waals surface area contributed by atoms with Gasteiger partial charge in [-0.1, -0.05) is 80.3 Å². The molecule has 1 heterocycles. The van der Waals surface area contributed by atoms with Crippen LogP contribution in [0.3, 0.4) is 0 Å². The first-order chi connectivity index (χ1) is 16.1. The first-order valence-electron chi connectivity index (χ1n) is 11.7. The lowest BCUT2D eigenvalue weighted by Gasteiger charge is -2.20. The molecule has 0 aliphatic heterocycles. The first-order valence-corrected chi connectivity index (χ1v) is 12.6. The van der Waals surface area contributed by atoms with Gasteiger partial charge in [-0.2, -0.15) is 0 Å². The molecule has 1 unspecified atom stereocenters. The Labute approximate surface area is 199 Å². The number of esters is 1. The second kappa shape index (κ2) is 11.2. The summed E-state index contributed by atoms with van der Waals surface area (Å²) < 4.78 is 4.99. The van der Waals surface area contributed by atoms with Gasteiger partial charge in [0.15, 0.2) is 5.13 Å². The zero-order valence-corrected chi connectivity index (χ0v) is 19.8. The maximum Gasteiger partial charge on any atom is 0.311 e. The minimum absolute atomic E-state index is 0.0357. The van der Waals surface area contributed by atoms with E-state index in [0.717, 1.165) is 23.1 Å². The number of carbonyl (C=O) groups is 2. The highest BCUT2D eigenvalue weighted by Gasteiger charge is 2.27. The van der Waals surface area contributed by atoms with Gasteiger partial charge in [-0.25, -0.2) is 4.98 Å². The van der Waals surface area contributed by atoms with Crippen molar-refractivity contribution in [3.63, 3.8) is 0 Å². The van der Waals surface area contributed by atoms with E-state index in [4.69, 9.17) is 4.74 Å². The van der Waals surface area contributed by atoms with Crippen molar-refractivity contribution in [2.24, 2.45) is 5.92 Å². The molecular formula is C27H30N2O3S. The van der Waals surface area contributed by atoms with Gasteiger partial charge in [0.25, 0.3) is 0 Å². The molecule has 0 bridgehead atoms. The largest absolute Gasteiger partial charge is 0.466 e. The number of aromatic nitrogens is 1. The number of hydrogen-bond donors (Lipinski definition) is 1. The molecule has 1 aliphatic rings. The molecule has 2 aromatic carbocycles. The van der Waals surface area contributed by atoms with Gasteiger partial charge in [0, 0.05) is 5.38 Å². The third-order valence-corrected chi connectivity index (χ3v) is 7.00. The Kier molecular flexibility index (Phi) is 7.89. The van der Waals surface area contributed by atoms with Gasteiger partial charge in [0.2, 0.25) is 5.91 Å². The summed E-state index contributed by atoms with van der Waals surface area (Å²) in [7, 11) is 0. The summed E-state index contributed by atoms with van der Waals surface area (Å²) in [5.74, 6) is 0.00485. The van der Waals surface area contributed by atoms with Crippen molar-refractivity contribution >= 4 is 28.3 Å². The Bertz CT molecular complexity index is 1060. The first kappa shape index (κ1) is 23.2. The summed E-state index contributed by atoms with van der Waals surface area (Å²) in [6, 6.07) is 18.6. The molecule has 0 spiro atoms.